The van der Waals surface area contributed by atoms with Crippen molar-refractivity contribution >= 4 is 27.5 Å². The van der Waals surface area contributed by atoms with Crippen LogP contribution < -0.4 is 4.90 Å². The van der Waals surface area contributed by atoms with E-state index < -0.39 is 0 Å². The quantitative estimate of drug-likeness (QED) is 0.851. The summed E-state index contributed by atoms with van der Waals surface area (Å²) < 4.78 is 0.797. The van der Waals surface area contributed by atoms with E-state index in [-0.39, 0.29) is 5.91 Å². The summed E-state index contributed by atoms with van der Waals surface area (Å²) in [7, 11) is 1.76. The molecule has 2 aromatic rings. The molecule has 1 amide bonds. The molecule has 18 heavy (non-hydrogen) atoms. The summed E-state index contributed by atoms with van der Waals surface area (Å²) in [5.74, 6) is -0.0762. The Morgan fingerprint density at radius 1 is 1.22 bits per heavy atom. The fraction of sp³-hybridized carbons (Fsp3) is 0.143. The number of hydrogen-bond donors (Lipinski definition) is 0. The van der Waals surface area contributed by atoms with Gasteiger partial charge in [-0.3, -0.25) is 9.78 Å². The van der Waals surface area contributed by atoms with Gasteiger partial charge in [0, 0.05) is 29.6 Å². The van der Waals surface area contributed by atoms with Gasteiger partial charge in [0.1, 0.15) is 0 Å². The molecular weight excluding hydrogens is 292 g/mol. The number of amides is 1. The van der Waals surface area contributed by atoms with Gasteiger partial charge in [-0.15, -0.1) is 0 Å². The normalized spacial score (nSPS) is 10.2. The molecule has 0 saturated carbocycles. The van der Waals surface area contributed by atoms with Crippen LogP contribution in [-0.2, 0) is 0 Å². The van der Waals surface area contributed by atoms with Gasteiger partial charge in [-0.2, -0.15) is 0 Å². The average Bonchev–Trinajstić information content (AvgIpc) is 2.38. The van der Waals surface area contributed by atoms with E-state index in [9.17, 15) is 4.79 Å². The third-order valence-electron chi connectivity index (χ3n) is 2.68. The molecule has 0 aliphatic rings. The minimum absolute atomic E-state index is 0.0762. The second kappa shape index (κ2) is 5.31. The highest BCUT2D eigenvalue weighted by Crippen LogP contribution is 2.17. The van der Waals surface area contributed by atoms with Gasteiger partial charge in [0.2, 0.25) is 0 Å². The first-order valence-corrected chi connectivity index (χ1v) is 6.32. The van der Waals surface area contributed by atoms with Gasteiger partial charge < -0.3 is 4.90 Å². The first kappa shape index (κ1) is 12.8. The lowest BCUT2D eigenvalue weighted by atomic mass is 10.2. The van der Waals surface area contributed by atoms with Crippen molar-refractivity contribution in [2.24, 2.45) is 0 Å². The Balaban J connectivity index is 2.26. The Hall–Kier alpha value is -1.68. The maximum atomic E-state index is 12.2. The van der Waals surface area contributed by atoms with Gasteiger partial charge in [0.15, 0.2) is 0 Å². The second-order valence-corrected chi connectivity index (χ2v) is 5.01. The van der Waals surface area contributed by atoms with E-state index in [1.807, 2.05) is 31.2 Å². The van der Waals surface area contributed by atoms with Crippen LogP contribution in [0.1, 0.15) is 15.9 Å². The number of benzene rings is 1. The SMILES string of the molecule is Cc1ccc(N(C)C(=O)c2cncc(Br)c2)cc1. The fourth-order valence-corrected chi connectivity index (χ4v) is 1.97. The van der Waals surface area contributed by atoms with Crippen LogP contribution in [0.4, 0.5) is 5.69 Å². The minimum Gasteiger partial charge on any atom is -0.311 e. The minimum atomic E-state index is -0.0762. The molecule has 0 unspecified atom stereocenters. The molecule has 0 aliphatic heterocycles. The Bertz CT molecular complexity index is 566. The first-order chi connectivity index (χ1) is 8.58. The van der Waals surface area contributed by atoms with E-state index in [1.54, 1.807) is 30.4 Å². The molecule has 0 spiro atoms. The molecule has 0 aliphatic carbocycles. The second-order valence-electron chi connectivity index (χ2n) is 4.09. The summed E-state index contributed by atoms with van der Waals surface area (Å²) in [6.45, 7) is 2.02. The highest BCUT2D eigenvalue weighted by Gasteiger charge is 2.13. The molecule has 0 fully saturated rings. The summed E-state index contributed by atoms with van der Waals surface area (Å²) in [6, 6.07) is 9.59. The third kappa shape index (κ3) is 2.76. The Kier molecular flexibility index (Phi) is 3.77. The van der Waals surface area contributed by atoms with E-state index in [0.717, 1.165) is 10.2 Å². The zero-order valence-electron chi connectivity index (χ0n) is 10.2. The number of anilines is 1. The van der Waals surface area contributed by atoms with Gasteiger partial charge in [-0.1, -0.05) is 17.7 Å². The van der Waals surface area contributed by atoms with E-state index in [1.165, 1.54) is 5.56 Å². The predicted molar refractivity (Wildman–Crippen MR) is 75.8 cm³/mol. The van der Waals surface area contributed by atoms with Crippen molar-refractivity contribution in [1.82, 2.24) is 4.98 Å². The van der Waals surface area contributed by atoms with Crippen LogP contribution in [0, 0.1) is 6.92 Å². The van der Waals surface area contributed by atoms with Crippen molar-refractivity contribution in [2.75, 3.05) is 11.9 Å². The standard InChI is InChI=1S/C14H13BrN2O/c1-10-3-5-13(6-4-10)17(2)14(18)11-7-12(15)9-16-8-11/h3-9H,1-2H3. The Morgan fingerprint density at radius 2 is 1.89 bits per heavy atom. The van der Waals surface area contributed by atoms with Gasteiger partial charge in [0.05, 0.1) is 5.56 Å². The van der Waals surface area contributed by atoms with Gasteiger partial charge in [0.25, 0.3) is 5.91 Å². The molecule has 0 bridgehead atoms. The monoisotopic (exact) mass is 304 g/mol. The summed E-state index contributed by atoms with van der Waals surface area (Å²) in [5.41, 5.74) is 2.60. The molecule has 0 atom stereocenters. The van der Waals surface area contributed by atoms with Crippen molar-refractivity contribution in [2.45, 2.75) is 6.92 Å². The molecule has 4 heteroatoms. The van der Waals surface area contributed by atoms with Crippen LogP contribution in [0.2, 0.25) is 0 Å². The van der Waals surface area contributed by atoms with Crippen LogP contribution in [0.15, 0.2) is 47.2 Å². The number of carbonyl (C=O) groups is 1. The molecule has 0 saturated heterocycles. The van der Waals surface area contributed by atoms with E-state index in [0.29, 0.717) is 5.56 Å². The molecule has 92 valence electrons. The van der Waals surface area contributed by atoms with Crippen LogP contribution in [-0.4, -0.2) is 17.9 Å². The van der Waals surface area contributed by atoms with E-state index >= 15 is 0 Å². The largest absolute Gasteiger partial charge is 0.311 e. The lowest BCUT2D eigenvalue weighted by molar-refractivity contribution is 0.0992. The number of nitrogens with zero attached hydrogens (tertiary/aromatic N) is 2. The molecule has 0 radical (unpaired) electrons. The number of carbonyl (C=O) groups excluding carboxylic acids is 1. The third-order valence-corrected chi connectivity index (χ3v) is 3.11. The number of halogens is 1. The van der Waals surface area contributed by atoms with Crippen molar-refractivity contribution in [3.63, 3.8) is 0 Å². The molecule has 1 aromatic carbocycles. The lowest BCUT2D eigenvalue weighted by Crippen LogP contribution is -2.26. The molecule has 2 rings (SSSR count). The topological polar surface area (TPSA) is 33.2 Å². The van der Waals surface area contributed by atoms with Gasteiger partial charge >= 0.3 is 0 Å². The van der Waals surface area contributed by atoms with Crippen LogP contribution >= 0.6 is 15.9 Å². The number of pyridine rings is 1. The van der Waals surface area contributed by atoms with Gasteiger partial charge in [-0.25, -0.2) is 0 Å². The molecule has 1 aromatic heterocycles. The van der Waals surface area contributed by atoms with Crippen LogP contribution in [0.3, 0.4) is 0 Å². The average molecular weight is 305 g/mol. The highest BCUT2D eigenvalue weighted by molar-refractivity contribution is 9.10. The summed E-state index contributed by atoms with van der Waals surface area (Å²) >= 11 is 3.31. The summed E-state index contributed by atoms with van der Waals surface area (Å²) in [6.07, 6.45) is 3.22. The molecule has 1 heterocycles. The molecule has 0 N–H and O–H groups in total. The van der Waals surface area contributed by atoms with Crippen molar-refractivity contribution in [1.29, 1.82) is 0 Å². The highest BCUT2D eigenvalue weighted by atomic mass is 79.9. The van der Waals surface area contributed by atoms with E-state index in [2.05, 4.69) is 20.9 Å². The predicted octanol–water partition coefficient (Wildman–Crippen LogP) is 3.43. The maximum absolute atomic E-state index is 12.2. The number of aryl methyl sites for hydroxylation is 1. The Morgan fingerprint density at radius 3 is 2.50 bits per heavy atom. The van der Waals surface area contributed by atoms with Crippen LogP contribution in [0.5, 0.6) is 0 Å². The molecule has 3 nitrogen and oxygen atoms in total. The summed E-state index contributed by atoms with van der Waals surface area (Å²) in [4.78, 5) is 17.9. The zero-order valence-corrected chi connectivity index (χ0v) is 11.8. The number of hydrogen-bond acceptors (Lipinski definition) is 2. The smallest absolute Gasteiger partial charge is 0.259 e. The van der Waals surface area contributed by atoms with Crippen molar-refractivity contribution in [3.8, 4) is 0 Å². The van der Waals surface area contributed by atoms with Crippen LogP contribution in [0.25, 0.3) is 0 Å². The Labute approximate surface area is 115 Å². The van der Waals surface area contributed by atoms with Crippen molar-refractivity contribution < 1.29 is 4.79 Å². The lowest BCUT2D eigenvalue weighted by Gasteiger charge is -2.17. The van der Waals surface area contributed by atoms with Crippen molar-refractivity contribution in [3.05, 3.63) is 58.3 Å². The molecular formula is C14H13BrN2O. The van der Waals surface area contributed by atoms with Gasteiger partial charge in [-0.05, 0) is 41.1 Å². The maximum Gasteiger partial charge on any atom is 0.259 e. The summed E-state index contributed by atoms with van der Waals surface area (Å²) in [5, 5.41) is 0. The zero-order chi connectivity index (χ0) is 13.1. The number of rotatable bonds is 2. The first-order valence-electron chi connectivity index (χ1n) is 5.53. The van der Waals surface area contributed by atoms with E-state index in [4.69, 9.17) is 0 Å². The fourth-order valence-electron chi connectivity index (χ4n) is 1.61. The number of aromatic nitrogens is 1.